The highest BCUT2D eigenvalue weighted by molar-refractivity contribution is 8.00. The van der Waals surface area contributed by atoms with Gasteiger partial charge in [-0.2, -0.15) is 0 Å². The number of para-hydroxylation sites is 1. The lowest BCUT2D eigenvalue weighted by Gasteiger charge is -2.29. The van der Waals surface area contributed by atoms with Gasteiger partial charge < -0.3 is 9.88 Å². The molecule has 0 aliphatic heterocycles. The van der Waals surface area contributed by atoms with Gasteiger partial charge in [0.25, 0.3) is 0 Å². The van der Waals surface area contributed by atoms with Gasteiger partial charge in [0.1, 0.15) is 5.52 Å². The van der Waals surface area contributed by atoms with E-state index in [2.05, 4.69) is 46.1 Å². The van der Waals surface area contributed by atoms with Crippen LogP contribution in [0.3, 0.4) is 0 Å². The monoisotopic (exact) mass is 437 g/mol. The van der Waals surface area contributed by atoms with E-state index in [-0.39, 0.29) is 17.2 Å². The van der Waals surface area contributed by atoms with Crippen molar-refractivity contribution in [3.8, 4) is 0 Å². The number of hydrogen-bond acceptors (Lipinski definition) is 5. The van der Waals surface area contributed by atoms with Crippen molar-refractivity contribution in [2.24, 2.45) is 17.8 Å². The minimum absolute atomic E-state index is 0.0677. The van der Waals surface area contributed by atoms with Crippen molar-refractivity contribution in [3.05, 3.63) is 24.3 Å². The zero-order valence-corrected chi connectivity index (χ0v) is 19.4. The summed E-state index contributed by atoms with van der Waals surface area (Å²) >= 11 is 1.39. The molecule has 2 aromatic heterocycles. The number of thioether (sulfide) groups is 1. The number of aryl methyl sites for hydroxylation is 1. The number of carbonyl (C=O) groups is 1. The van der Waals surface area contributed by atoms with E-state index in [1.807, 2.05) is 19.1 Å². The summed E-state index contributed by atoms with van der Waals surface area (Å²) < 4.78 is 2.21. The Balaban J connectivity index is 1.32. The lowest BCUT2D eigenvalue weighted by atomic mass is 9.84. The Labute approximate surface area is 187 Å². The van der Waals surface area contributed by atoms with E-state index < -0.39 is 0 Å². The van der Waals surface area contributed by atoms with Gasteiger partial charge in [0, 0.05) is 18.0 Å². The first-order valence-corrected chi connectivity index (χ1v) is 12.5. The summed E-state index contributed by atoms with van der Waals surface area (Å²) in [5, 5.41) is 13.5. The number of carbonyl (C=O) groups excluding carboxylic acids is 1. The molecular formula is C24H31N5OS. The molecule has 0 radical (unpaired) electrons. The normalized spacial score (nSPS) is 24.7. The Kier molecular flexibility index (Phi) is 5.63. The van der Waals surface area contributed by atoms with Crippen LogP contribution in [0.25, 0.3) is 22.1 Å². The minimum atomic E-state index is -0.260. The quantitative estimate of drug-likeness (QED) is 0.537. The van der Waals surface area contributed by atoms with Crippen LogP contribution in [-0.4, -0.2) is 36.9 Å². The van der Waals surface area contributed by atoms with Gasteiger partial charge in [-0.3, -0.25) is 4.79 Å². The molecule has 2 saturated carbocycles. The molecule has 1 amide bonds. The highest BCUT2D eigenvalue weighted by atomic mass is 32.2. The molecule has 2 heterocycles. The van der Waals surface area contributed by atoms with Crippen molar-refractivity contribution in [2.75, 3.05) is 0 Å². The largest absolute Gasteiger partial charge is 0.352 e. The van der Waals surface area contributed by atoms with Crippen molar-refractivity contribution in [2.45, 2.75) is 75.9 Å². The maximum atomic E-state index is 12.9. The van der Waals surface area contributed by atoms with Gasteiger partial charge in [-0.05, 0) is 63.4 Å². The number of hydrogen-bond donors (Lipinski definition) is 1. The summed E-state index contributed by atoms with van der Waals surface area (Å²) in [6.07, 6.45) is 6.38. The van der Waals surface area contributed by atoms with Crippen molar-refractivity contribution < 1.29 is 4.79 Å². The van der Waals surface area contributed by atoms with E-state index in [0.717, 1.165) is 46.9 Å². The summed E-state index contributed by atoms with van der Waals surface area (Å²) in [5.74, 6) is 2.40. The molecule has 5 atom stereocenters. The van der Waals surface area contributed by atoms with E-state index in [0.29, 0.717) is 11.1 Å². The Bertz CT molecular complexity index is 1110. The maximum Gasteiger partial charge on any atom is 0.233 e. The van der Waals surface area contributed by atoms with E-state index in [1.54, 1.807) is 0 Å². The molecule has 1 aromatic carbocycles. The Morgan fingerprint density at radius 3 is 2.81 bits per heavy atom. The fourth-order valence-corrected chi connectivity index (χ4v) is 6.47. The second-order valence-electron chi connectivity index (χ2n) is 9.33. The molecule has 2 aliphatic carbocycles. The molecule has 7 heteroatoms. The van der Waals surface area contributed by atoms with Gasteiger partial charge in [-0.15, -0.1) is 10.2 Å². The predicted octanol–water partition coefficient (Wildman–Crippen LogP) is 4.81. The fourth-order valence-electron chi connectivity index (χ4n) is 5.76. The minimum Gasteiger partial charge on any atom is -0.352 e. The van der Waals surface area contributed by atoms with Gasteiger partial charge in [0.15, 0.2) is 5.65 Å². The second kappa shape index (κ2) is 8.41. The Hall–Kier alpha value is -2.15. The Morgan fingerprint density at radius 2 is 2.06 bits per heavy atom. The zero-order chi connectivity index (χ0) is 21.5. The summed E-state index contributed by atoms with van der Waals surface area (Å²) in [6, 6.07) is 8.47. The van der Waals surface area contributed by atoms with Gasteiger partial charge in [0.05, 0.1) is 10.8 Å². The lowest BCUT2D eigenvalue weighted by Crippen LogP contribution is -2.43. The number of benzene rings is 1. The smallest absolute Gasteiger partial charge is 0.233 e. The molecule has 164 valence electrons. The topological polar surface area (TPSA) is 72.7 Å². The third-order valence-corrected chi connectivity index (χ3v) is 8.21. The molecule has 2 fully saturated rings. The van der Waals surface area contributed by atoms with Crippen LogP contribution in [0, 0.1) is 17.8 Å². The maximum absolute atomic E-state index is 12.9. The number of nitrogens with zero attached hydrogens (tertiary/aromatic N) is 4. The van der Waals surface area contributed by atoms with Gasteiger partial charge >= 0.3 is 0 Å². The average molecular weight is 438 g/mol. The number of amides is 1. The molecule has 31 heavy (non-hydrogen) atoms. The van der Waals surface area contributed by atoms with Crippen LogP contribution in [0.4, 0.5) is 0 Å². The van der Waals surface area contributed by atoms with Crippen molar-refractivity contribution in [1.82, 2.24) is 25.1 Å². The van der Waals surface area contributed by atoms with E-state index >= 15 is 0 Å². The van der Waals surface area contributed by atoms with E-state index in [9.17, 15) is 4.79 Å². The van der Waals surface area contributed by atoms with Gasteiger partial charge in [-0.25, -0.2) is 4.98 Å². The average Bonchev–Trinajstić information content (AvgIpc) is 3.48. The number of aromatic nitrogens is 4. The number of rotatable bonds is 7. The standard InChI is InChI=1S/C24H31N5OS/c1-4-11-29-20-8-6-5-7-18(20)21-22(29)26-24(28-27-21)31-15(3)23(30)25-14(2)19-13-16-9-10-17(19)12-16/h5-8,14-17,19H,4,9-13H2,1-3H3,(H,25,30). The zero-order valence-electron chi connectivity index (χ0n) is 18.5. The third-order valence-electron chi connectivity index (χ3n) is 7.26. The summed E-state index contributed by atoms with van der Waals surface area (Å²) in [6.45, 7) is 7.15. The molecule has 2 aliphatic rings. The van der Waals surface area contributed by atoms with Crippen LogP contribution in [-0.2, 0) is 11.3 Å². The van der Waals surface area contributed by atoms with Crippen molar-refractivity contribution in [1.29, 1.82) is 0 Å². The van der Waals surface area contributed by atoms with E-state index in [4.69, 9.17) is 4.98 Å². The molecule has 5 unspecified atom stereocenters. The van der Waals surface area contributed by atoms with Crippen molar-refractivity contribution >= 4 is 39.7 Å². The van der Waals surface area contributed by atoms with Crippen LogP contribution in [0.5, 0.6) is 0 Å². The molecule has 6 nitrogen and oxygen atoms in total. The highest BCUT2D eigenvalue weighted by Crippen LogP contribution is 2.49. The lowest BCUT2D eigenvalue weighted by molar-refractivity contribution is -0.121. The van der Waals surface area contributed by atoms with Crippen LogP contribution in [0.2, 0.25) is 0 Å². The van der Waals surface area contributed by atoms with Crippen LogP contribution < -0.4 is 5.32 Å². The first-order valence-electron chi connectivity index (χ1n) is 11.6. The second-order valence-corrected chi connectivity index (χ2v) is 10.6. The molecule has 2 bridgehead atoms. The molecule has 0 saturated heterocycles. The molecule has 0 spiro atoms. The predicted molar refractivity (Wildman–Crippen MR) is 125 cm³/mol. The first kappa shape index (κ1) is 20.7. The first-order chi connectivity index (χ1) is 15.0. The highest BCUT2D eigenvalue weighted by Gasteiger charge is 2.42. The van der Waals surface area contributed by atoms with Crippen LogP contribution in [0.15, 0.2) is 29.4 Å². The molecular weight excluding hydrogens is 406 g/mol. The van der Waals surface area contributed by atoms with Gasteiger partial charge in [0.2, 0.25) is 11.1 Å². The van der Waals surface area contributed by atoms with E-state index in [1.165, 1.54) is 37.4 Å². The fraction of sp³-hybridized carbons (Fsp3) is 0.583. The van der Waals surface area contributed by atoms with Gasteiger partial charge in [-0.1, -0.05) is 43.3 Å². The summed E-state index contributed by atoms with van der Waals surface area (Å²) in [5.41, 5.74) is 2.81. The molecule has 1 N–H and O–H groups in total. The number of nitrogens with one attached hydrogen (secondary N) is 1. The molecule has 3 aromatic rings. The van der Waals surface area contributed by atoms with Crippen LogP contribution >= 0.6 is 11.8 Å². The number of fused-ring (bicyclic) bond motifs is 5. The molecule has 5 rings (SSSR count). The van der Waals surface area contributed by atoms with Crippen molar-refractivity contribution in [3.63, 3.8) is 0 Å². The third kappa shape index (κ3) is 3.81. The van der Waals surface area contributed by atoms with Crippen LogP contribution in [0.1, 0.15) is 52.9 Å². The Morgan fingerprint density at radius 1 is 1.23 bits per heavy atom. The summed E-state index contributed by atoms with van der Waals surface area (Å²) in [4.78, 5) is 17.7. The summed E-state index contributed by atoms with van der Waals surface area (Å²) in [7, 11) is 0. The SMILES string of the molecule is CCCn1c2ccccc2c2nnc(SC(C)C(=O)NC(C)C3CC4CCC3C4)nc21.